The molecule has 0 saturated carbocycles. The minimum absolute atomic E-state index is 0.362. The first-order chi connectivity index (χ1) is 7.46. The van der Waals surface area contributed by atoms with Crippen LogP contribution in [-0.2, 0) is 0 Å². The number of hydrogen-bond acceptors (Lipinski definition) is 2. The SMILES string of the molecule is CCC(N)C(N1CCCCCC1)C(F)(F)F. The van der Waals surface area contributed by atoms with Crippen molar-refractivity contribution in [1.29, 1.82) is 0 Å². The van der Waals surface area contributed by atoms with Crippen LogP contribution in [0.15, 0.2) is 0 Å². The monoisotopic (exact) mass is 238 g/mol. The summed E-state index contributed by atoms with van der Waals surface area (Å²) in [6, 6.07) is -2.27. The van der Waals surface area contributed by atoms with E-state index in [0.29, 0.717) is 19.5 Å². The molecule has 0 radical (unpaired) electrons. The fourth-order valence-electron chi connectivity index (χ4n) is 2.32. The van der Waals surface area contributed by atoms with Gasteiger partial charge in [0.15, 0.2) is 0 Å². The Morgan fingerprint density at radius 2 is 1.62 bits per heavy atom. The Hall–Kier alpha value is -0.290. The summed E-state index contributed by atoms with van der Waals surface area (Å²) >= 11 is 0. The highest BCUT2D eigenvalue weighted by Crippen LogP contribution is 2.29. The summed E-state index contributed by atoms with van der Waals surface area (Å²) in [5.74, 6) is 0. The first kappa shape index (κ1) is 13.8. The van der Waals surface area contributed by atoms with Crippen molar-refractivity contribution in [3.63, 3.8) is 0 Å². The van der Waals surface area contributed by atoms with Crippen molar-refractivity contribution in [2.75, 3.05) is 13.1 Å². The number of rotatable bonds is 3. The van der Waals surface area contributed by atoms with E-state index in [1.165, 1.54) is 4.90 Å². The summed E-state index contributed by atoms with van der Waals surface area (Å²) < 4.78 is 38.9. The van der Waals surface area contributed by atoms with Gasteiger partial charge in [-0.3, -0.25) is 4.90 Å². The molecule has 0 spiro atoms. The van der Waals surface area contributed by atoms with E-state index in [4.69, 9.17) is 5.73 Å². The molecule has 2 unspecified atom stereocenters. The fourth-order valence-corrected chi connectivity index (χ4v) is 2.32. The van der Waals surface area contributed by atoms with Crippen molar-refractivity contribution in [1.82, 2.24) is 4.90 Å². The zero-order valence-electron chi connectivity index (χ0n) is 9.76. The smallest absolute Gasteiger partial charge is 0.326 e. The molecule has 1 rings (SSSR count). The maximum atomic E-state index is 13.0. The molecule has 0 aromatic heterocycles. The third kappa shape index (κ3) is 3.63. The van der Waals surface area contributed by atoms with Crippen LogP contribution in [0.4, 0.5) is 13.2 Å². The van der Waals surface area contributed by atoms with E-state index < -0.39 is 18.3 Å². The zero-order chi connectivity index (χ0) is 12.2. The molecule has 96 valence electrons. The minimum atomic E-state index is -4.21. The molecule has 2 N–H and O–H groups in total. The number of nitrogens with two attached hydrogens (primary N) is 1. The van der Waals surface area contributed by atoms with Gasteiger partial charge in [-0.25, -0.2) is 0 Å². The zero-order valence-corrected chi connectivity index (χ0v) is 9.76. The van der Waals surface area contributed by atoms with E-state index in [0.717, 1.165) is 25.7 Å². The van der Waals surface area contributed by atoms with E-state index in [1.807, 2.05) is 0 Å². The summed E-state index contributed by atoms with van der Waals surface area (Å²) in [7, 11) is 0. The van der Waals surface area contributed by atoms with Gasteiger partial charge in [0, 0.05) is 6.04 Å². The van der Waals surface area contributed by atoms with Gasteiger partial charge in [0.25, 0.3) is 0 Å². The number of nitrogens with zero attached hydrogens (tertiary/aromatic N) is 1. The van der Waals surface area contributed by atoms with Gasteiger partial charge in [-0.2, -0.15) is 13.2 Å². The molecule has 1 saturated heterocycles. The summed E-state index contributed by atoms with van der Waals surface area (Å²) in [6.07, 6.45) is -0.0860. The van der Waals surface area contributed by atoms with Crippen LogP contribution in [0.5, 0.6) is 0 Å². The van der Waals surface area contributed by atoms with Crippen molar-refractivity contribution in [3.8, 4) is 0 Å². The van der Waals surface area contributed by atoms with Crippen LogP contribution in [0.3, 0.4) is 0 Å². The molecule has 0 amide bonds. The fraction of sp³-hybridized carbons (Fsp3) is 1.00. The molecule has 0 aromatic carbocycles. The van der Waals surface area contributed by atoms with Crippen LogP contribution in [0.1, 0.15) is 39.0 Å². The third-order valence-electron chi connectivity index (χ3n) is 3.25. The Kier molecular flexibility index (Phi) is 5.05. The third-order valence-corrected chi connectivity index (χ3v) is 3.25. The van der Waals surface area contributed by atoms with E-state index in [1.54, 1.807) is 6.92 Å². The average Bonchev–Trinajstić information content (AvgIpc) is 2.44. The molecule has 2 nitrogen and oxygen atoms in total. The minimum Gasteiger partial charge on any atom is -0.326 e. The lowest BCUT2D eigenvalue weighted by atomic mass is 10.0. The molecule has 1 fully saturated rings. The average molecular weight is 238 g/mol. The van der Waals surface area contributed by atoms with Crippen molar-refractivity contribution in [2.24, 2.45) is 5.73 Å². The number of alkyl halides is 3. The van der Waals surface area contributed by atoms with Crippen LogP contribution in [-0.4, -0.2) is 36.2 Å². The maximum absolute atomic E-state index is 13.0. The van der Waals surface area contributed by atoms with Gasteiger partial charge in [-0.1, -0.05) is 19.8 Å². The van der Waals surface area contributed by atoms with Gasteiger partial charge in [0.05, 0.1) is 0 Å². The number of halogens is 3. The van der Waals surface area contributed by atoms with Gasteiger partial charge < -0.3 is 5.73 Å². The van der Waals surface area contributed by atoms with E-state index in [9.17, 15) is 13.2 Å². The van der Waals surface area contributed by atoms with Gasteiger partial charge in [0.2, 0.25) is 0 Å². The summed E-state index contributed by atoms with van der Waals surface area (Å²) in [5.41, 5.74) is 5.62. The van der Waals surface area contributed by atoms with Crippen molar-refractivity contribution < 1.29 is 13.2 Å². The summed E-state index contributed by atoms with van der Waals surface area (Å²) in [6.45, 7) is 2.76. The Labute approximate surface area is 95.0 Å². The molecule has 1 aliphatic rings. The van der Waals surface area contributed by atoms with Gasteiger partial charge in [-0.15, -0.1) is 0 Å². The molecule has 0 aromatic rings. The van der Waals surface area contributed by atoms with Gasteiger partial charge in [-0.05, 0) is 32.4 Å². The molecule has 1 heterocycles. The van der Waals surface area contributed by atoms with E-state index >= 15 is 0 Å². The molecule has 5 heteroatoms. The normalized spacial score (nSPS) is 23.8. The van der Waals surface area contributed by atoms with Gasteiger partial charge >= 0.3 is 6.18 Å². The molecule has 1 aliphatic heterocycles. The summed E-state index contributed by atoms with van der Waals surface area (Å²) in [5, 5.41) is 0. The van der Waals surface area contributed by atoms with E-state index in [-0.39, 0.29) is 0 Å². The molecular formula is C11H21F3N2. The second-order valence-corrected chi connectivity index (χ2v) is 4.51. The molecular weight excluding hydrogens is 217 g/mol. The Bertz CT molecular complexity index is 198. The second kappa shape index (κ2) is 5.87. The Morgan fingerprint density at radius 3 is 2.00 bits per heavy atom. The van der Waals surface area contributed by atoms with Gasteiger partial charge in [0.1, 0.15) is 6.04 Å². The first-order valence-corrected chi connectivity index (χ1v) is 6.03. The topological polar surface area (TPSA) is 29.3 Å². The quantitative estimate of drug-likeness (QED) is 0.818. The molecule has 16 heavy (non-hydrogen) atoms. The lowest BCUT2D eigenvalue weighted by Gasteiger charge is -2.35. The predicted octanol–water partition coefficient (Wildman–Crippen LogP) is 2.53. The van der Waals surface area contributed by atoms with E-state index in [2.05, 4.69) is 0 Å². The highest BCUT2D eigenvalue weighted by molar-refractivity contribution is 4.88. The molecule has 0 bridgehead atoms. The van der Waals surface area contributed by atoms with Crippen LogP contribution >= 0.6 is 0 Å². The lowest BCUT2D eigenvalue weighted by molar-refractivity contribution is -0.189. The Balaban J connectivity index is 2.74. The van der Waals surface area contributed by atoms with Crippen LogP contribution in [0.25, 0.3) is 0 Å². The van der Waals surface area contributed by atoms with Crippen molar-refractivity contribution in [3.05, 3.63) is 0 Å². The van der Waals surface area contributed by atoms with Crippen molar-refractivity contribution in [2.45, 2.75) is 57.3 Å². The number of likely N-dealkylation sites (tertiary alicyclic amines) is 1. The van der Waals surface area contributed by atoms with Crippen LogP contribution in [0.2, 0.25) is 0 Å². The maximum Gasteiger partial charge on any atom is 0.405 e. The standard InChI is InChI=1S/C11H21F3N2/c1-2-9(15)10(11(12,13)14)16-7-5-3-4-6-8-16/h9-10H,2-8,15H2,1H3. The highest BCUT2D eigenvalue weighted by atomic mass is 19.4. The Morgan fingerprint density at radius 1 is 1.12 bits per heavy atom. The van der Waals surface area contributed by atoms with Crippen molar-refractivity contribution >= 4 is 0 Å². The molecule has 2 atom stereocenters. The highest BCUT2D eigenvalue weighted by Gasteiger charge is 2.46. The first-order valence-electron chi connectivity index (χ1n) is 6.03. The van der Waals surface area contributed by atoms with Crippen LogP contribution in [0, 0.1) is 0 Å². The summed E-state index contributed by atoms with van der Waals surface area (Å²) in [4.78, 5) is 1.53. The van der Waals surface area contributed by atoms with Crippen LogP contribution < -0.4 is 5.73 Å². The number of hydrogen-bond donors (Lipinski definition) is 1. The molecule has 0 aliphatic carbocycles. The predicted molar refractivity (Wildman–Crippen MR) is 58.2 cm³/mol. The second-order valence-electron chi connectivity index (χ2n) is 4.51. The lowest BCUT2D eigenvalue weighted by Crippen LogP contribution is -2.56. The largest absolute Gasteiger partial charge is 0.405 e.